The highest BCUT2D eigenvalue weighted by Crippen LogP contribution is 2.44. The molecule has 1 aromatic carbocycles. The van der Waals surface area contributed by atoms with E-state index in [0.717, 1.165) is 36.6 Å². The molecule has 0 aromatic heterocycles. The zero-order valence-electron chi connectivity index (χ0n) is 10.9. The Bertz CT molecular complexity index is 447. The summed E-state index contributed by atoms with van der Waals surface area (Å²) in [4.78, 5) is 0. The Kier molecular flexibility index (Phi) is 3.04. The zero-order chi connectivity index (χ0) is 12.5. The monoisotopic (exact) mass is 249 g/mol. The van der Waals surface area contributed by atoms with Gasteiger partial charge in [-0.15, -0.1) is 0 Å². The van der Waals surface area contributed by atoms with Gasteiger partial charge in [0.2, 0.25) is 6.79 Å². The highest BCUT2D eigenvalue weighted by atomic mass is 16.7. The average Bonchev–Trinajstić information content (AvgIpc) is 2.80. The van der Waals surface area contributed by atoms with Gasteiger partial charge in [0.05, 0.1) is 6.10 Å². The van der Waals surface area contributed by atoms with Gasteiger partial charge in [0, 0.05) is 24.1 Å². The Morgan fingerprint density at radius 2 is 2.00 bits per heavy atom. The summed E-state index contributed by atoms with van der Waals surface area (Å²) >= 11 is 0. The van der Waals surface area contributed by atoms with Gasteiger partial charge in [0.1, 0.15) is 5.75 Å². The summed E-state index contributed by atoms with van der Waals surface area (Å²) in [5.74, 6) is 2.54. The van der Waals surface area contributed by atoms with Crippen LogP contribution in [0.1, 0.15) is 38.3 Å². The number of rotatable bonds is 3. The SMILES string of the molecule is CCCNC1CC(C)Oc2cc3c(cc21)OCO3. The molecule has 2 heterocycles. The summed E-state index contributed by atoms with van der Waals surface area (Å²) in [5.41, 5.74) is 1.19. The van der Waals surface area contributed by atoms with E-state index in [1.54, 1.807) is 0 Å². The smallest absolute Gasteiger partial charge is 0.231 e. The van der Waals surface area contributed by atoms with Crippen molar-refractivity contribution in [1.29, 1.82) is 0 Å². The number of hydrogen-bond donors (Lipinski definition) is 1. The molecule has 0 saturated heterocycles. The van der Waals surface area contributed by atoms with Crippen LogP contribution in [0.15, 0.2) is 12.1 Å². The van der Waals surface area contributed by atoms with Gasteiger partial charge < -0.3 is 19.5 Å². The second-order valence-corrected chi connectivity index (χ2v) is 4.91. The molecule has 2 atom stereocenters. The Morgan fingerprint density at radius 3 is 2.78 bits per heavy atom. The second kappa shape index (κ2) is 4.69. The summed E-state index contributed by atoms with van der Waals surface area (Å²) in [6.45, 7) is 5.61. The van der Waals surface area contributed by atoms with Crippen molar-refractivity contribution in [1.82, 2.24) is 5.32 Å². The lowest BCUT2D eigenvalue weighted by atomic mass is 9.96. The number of benzene rings is 1. The average molecular weight is 249 g/mol. The molecule has 3 rings (SSSR count). The van der Waals surface area contributed by atoms with E-state index < -0.39 is 0 Å². The number of ether oxygens (including phenoxy) is 3. The van der Waals surface area contributed by atoms with E-state index in [1.165, 1.54) is 5.56 Å². The van der Waals surface area contributed by atoms with Crippen molar-refractivity contribution in [2.75, 3.05) is 13.3 Å². The van der Waals surface area contributed by atoms with Crippen molar-refractivity contribution in [2.24, 2.45) is 0 Å². The van der Waals surface area contributed by atoms with E-state index >= 15 is 0 Å². The van der Waals surface area contributed by atoms with Crippen LogP contribution in [0.3, 0.4) is 0 Å². The van der Waals surface area contributed by atoms with Crippen molar-refractivity contribution in [2.45, 2.75) is 38.8 Å². The van der Waals surface area contributed by atoms with Crippen LogP contribution in [-0.2, 0) is 0 Å². The summed E-state index contributed by atoms with van der Waals surface area (Å²) in [7, 11) is 0. The van der Waals surface area contributed by atoms with Gasteiger partial charge in [-0.2, -0.15) is 0 Å². The van der Waals surface area contributed by atoms with Gasteiger partial charge in [0.15, 0.2) is 11.5 Å². The summed E-state index contributed by atoms with van der Waals surface area (Å²) in [6.07, 6.45) is 2.35. The molecule has 0 fully saturated rings. The summed E-state index contributed by atoms with van der Waals surface area (Å²) in [6, 6.07) is 4.35. The fourth-order valence-corrected chi connectivity index (χ4v) is 2.55. The van der Waals surface area contributed by atoms with Crippen LogP contribution in [0.5, 0.6) is 17.2 Å². The minimum atomic E-state index is 0.229. The lowest BCUT2D eigenvalue weighted by Crippen LogP contribution is -2.31. The molecule has 0 spiro atoms. The Balaban J connectivity index is 1.93. The third kappa shape index (κ3) is 2.01. The second-order valence-electron chi connectivity index (χ2n) is 4.91. The van der Waals surface area contributed by atoms with Crippen molar-refractivity contribution in [3.05, 3.63) is 17.7 Å². The van der Waals surface area contributed by atoms with Crippen LogP contribution in [0, 0.1) is 0 Å². The predicted octanol–water partition coefficient (Wildman–Crippen LogP) is 2.63. The zero-order valence-corrected chi connectivity index (χ0v) is 10.9. The van der Waals surface area contributed by atoms with Crippen LogP contribution in [0.2, 0.25) is 0 Å². The van der Waals surface area contributed by atoms with Crippen LogP contribution in [0.4, 0.5) is 0 Å². The molecule has 4 nitrogen and oxygen atoms in total. The highest BCUT2D eigenvalue weighted by Gasteiger charge is 2.29. The molecule has 2 unspecified atom stereocenters. The lowest BCUT2D eigenvalue weighted by Gasteiger charge is -2.31. The summed E-state index contributed by atoms with van der Waals surface area (Å²) < 4.78 is 16.7. The maximum Gasteiger partial charge on any atom is 0.231 e. The van der Waals surface area contributed by atoms with Gasteiger partial charge in [-0.05, 0) is 26.0 Å². The van der Waals surface area contributed by atoms with Crippen molar-refractivity contribution in [3.63, 3.8) is 0 Å². The van der Waals surface area contributed by atoms with Crippen molar-refractivity contribution in [3.8, 4) is 17.2 Å². The largest absolute Gasteiger partial charge is 0.490 e. The first-order valence-corrected chi connectivity index (χ1v) is 6.61. The maximum atomic E-state index is 5.89. The Hall–Kier alpha value is -1.42. The van der Waals surface area contributed by atoms with E-state index in [9.17, 15) is 0 Å². The molecule has 4 heteroatoms. The maximum absolute atomic E-state index is 5.89. The molecule has 1 N–H and O–H groups in total. The number of hydrogen-bond acceptors (Lipinski definition) is 4. The minimum absolute atomic E-state index is 0.229. The van der Waals surface area contributed by atoms with Crippen molar-refractivity contribution < 1.29 is 14.2 Å². The molecule has 1 aromatic rings. The van der Waals surface area contributed by atoms with Crippen LogP contribution < -0.4 is 19.5 Å². The molecule has 2 aliphatic heterocycles. The first kappa shape index (κ1) is 11.7. The first-order valence-electron chi connectivity index (χ1n) is 6.61. The first-order chi connectivity index (χ1) is 8.78. The highest BCUT2D eigenvalue weighted by molar-refractivity contribution is 5.53. The molecule has 18 heavy (non-hydrogen) atoms. The van der Waals surface area contributed by atoms with Crippen LogP contribution >= 0.6 is 0 Å². The number of nitrogens with one attached hydrogen (secondary N) is 1. The predicted molar refractivity (Wildman–Crippen MR) is 68.3 cm³/mol. The molecule has 0 radical (unpaired) electrons. The molecule has 0 saturated carbocycles. The Labute approximate surface area is 107 Å². The normalized spacial score (nSPS) is 24.6. The fourth-order valence-electron chi connectivity index (χ4n) is 2.55. The summed E-state index contributed by atoms with van der Waals surface area (Å²) in [5, 5.41) is 3.57. The molecule has 98 valence electrons. The van der Waals surface area contributed by atoms with E-state index in [-0.39, 0.29) is 6.10 Å². The van der Waals surface area contributed by atoms with Gasteiger partial charge >= 0.3 is 0 Å². The Morgan fingerprint density at radius 1 is 1.22 bits per heavy atom. The standard InChI is InChI=1S/C14H19NO3/c1-3-4-15-11-5-9(2)18-12-7-14-13(6-10(11)12)16-8-17-14/h6-7,9,11,15H,3-5,8H2,1-2H3. The lowest BCUT2D eigenvalue weighted by molar-refractivity contribution is 0.165. The van der Waals surface area contributed by atoms with Gasteiger partial charge in [-0.3, -0.25) is 0 Å². The third-order valence-electron chi connectivity index (χ3n) is 3.42. The molecular weight excluding hydrogens is 230 g/mol. The minimum Gasteiger partial charge on any atom is -0.490 e. The molecule has 0 aliphatic carbocycles. The quantitative estimate of drug-likeness (QED) is 0.894. The van der Waals surface area contributed by atoms with Gasteiger partial charge in [-0.25, -0.2) is 0 Å². The molecule has 2 aliphatic rings. The fraction of sp³-hybridized carbons (Fsp3) is 0.571. The van der Waals surface area contributed by atoms with E-state index in [0.29, 0.717) is 12.8 Å². The van der Waals surface area contributed by atoms with Crippen LogP contribution in [0.25, 0.3) is 0 Å². The van der Waals surface area contributed by atoms with E-state index in [1.807, 2.05) is 6.07 Å². The van der Waals surface area contributed by atoms with Gasteiger partial charge in [-0.1, -0.05) is 6.92 Å². The molecular formula is C14H19NO3. The van der Waals surface area contributed by atoms with E-state index in [2.05, 4.69) is 25.2 Å². The van der Waals surface area contributed by atoms with Crippen LogP contribution in [-0.4, -0.2) is 19.4 Å². The topological polar surface area (TPSA) is 39.7 Å². The van der Waals surface area contributed by atoms with Gasteiger partial charge in [0.25, 0.3) is 0 Å². The van der Waals surface area contributed by atoms with E-state index in [4.69, 9.17) is 14.2 Å². The third-order valence-corrected chi connectivity index (χ3v) is 3.42. The molecule has 0 bridgehead atoms. The molecule has 0 amide bonds. The van der Waals surface area contributed by atoms with Crippen molar-refractivity contribution >= 4 is 0 Å². The number of fused-ring (bicyclic) bond motifs is 2.